The minimum atomic E-state index is -0.228. The smallest absolute Gasteiger partial charge is 0.125 e. The van der Waals surface area contributed by atoms with Gasteiger partial charge < -0.3 is 4.98 Å². The van der Waals surface area contributed by atoms with Gasteiger partial charge in [-0.15, -0.1) is 0 Å². The Hall–Kier alpha value is -2.75. The van der Waals surface area contributed by atoms with Crippen LogP contribution in [0.1, 0.15) is 24.0 Å². The maximum absolute atomic E-state index is 13.3. The Morgan fingerprint density at radius 1 is 1.22 bits per heavy atom. The van der Waals surface area contributed by atoms with Crippen molar-refractivity contribution >= 4 is 22.7 Å². The lowest BCUT2D eigenvalue weighted by Crippen LogP contribution is -2.11. The first-order chi connectivity index (χ1) is 11.3. The maximum Gasteiger partial charge on any atom is 0.125 e. The van der Waals surface area contributed by atoms with Crippen molar-refractivity contribution in [1.82, 2.24) is 9.97 Å². The standard InChI is InChI=1S/C19H16FN3/c20-16-5-6-17-15(12-23-18(17)10-16)9-13-3-2-8-22-19(13)14-4-1-7-21-11-14/h1,4-7,9-12,23H,2-3,8H2/b13-9+. The third-order valence-corrected chi connectivity index (χ3v) is 4.12. The minimum Gasteiger partial charge on any atom is -0.360 e. The van der Waals surface area contributed by atoms with E-state index in [0.717, 1.165) is 47.1 Å². The molecule has 0 radical (unpaired) electrons. The van der Waals surface area contributed by atoms with Gasteiger partial charge in [-0.25, -0.2) is 4.39 Å². The molecule has 23 heavy (non-hydrogen) atoms. The van der Waals surface area contributed by atoms with Gasteiger partial charge in [0, 0.05) is 47.2 Å². The molecule has 0 amide bonds. The molecule has 3 nitrogen and oxygen atoms in total. The summed E-state index contributed by atoms with van der Waals surface area (Å²) < 4.78 is 13.3. The van der Waals surface area contributed by atoms with Gasteiger partial charge in [-0.05, 0) is 54.8 Å². The Balaban J connectivity index is 1.79. The summed E-state index contributed by atoms with van der Waals surface area (Å²) in [6.45, 7) is 0.848. The summed E-state index contributed by atoms with van der Waals surface area (Å²) in [7, 11) is 0. The van der Waals surface area contributed by atoms with Crippen molar-refractivity contribution in [3.8, 4) is 0 Å². The zero-order chi connectivity index (χ0) is 15.6. The lowest BCUT2D eigenvalue weighted by molar-refractivity contribution is 0.629. The number of allylic oxidation sites excluding steroid dienone is 1. The molecule has 1 aliphatic rings. The molecular weight excluding hydrogens is 289 g/mol. The summed E-state index contributed by atoms with van der Waals surface area (Å²) in [4.78, 5) is 12.0. The Kier molecular flexibility index (Phi) is 3.50. The monoisotopic (exact) mass is 305 g/mol. The van der Waals surface area contributed by atoms with Crippen LogP contribution in [0.15, 0.2) is 59.5 Å². The Bertz CT molecular complexity index is 907. The average Bonchev–Trinajstić information content (AvgIpc) is 2.98. The molecule has 4 heteroatoms. The third kappa shape index (κ3) is 2.68. The lowest BCUT2D eigenvalue weighted by Gasteiger charge is -2.16. The van der Waals surface area contributed by atoms with E-state index in [-0.39, 0.29) is 5.82 Å². The fourth-order valence-corrected chi connectivity index (χ4v) is 3.03. The van der Waals surface area contributed by atoms with Gasteiger partial charge >= 0.3 is 0 Å². The van der Waals surface area contributed by atoms with Gasteiger partial charge in [0.15, 0.2) is 0 Å². The quantitative estimate of drug-likeness (QED) is 0.750. The van der Waals surface area contributed by atoms with Gasteiger partial charge in [0.05, 0.1) is 5.71 Å². The van der Waals surface area contributed by atoms with Gasteiger partial charge in [-0.1, -0.05) is 0 Å². The van der Waals surface area contributed by atoms with Crippen molar-refractivity contribution in [2.24, 2.45) is 4.99 Å². The first-order valence-electron chi connectivity index (χ1n) is 7.74. The van der Waals surface area contributed by atoms with Crippen molar-refractivity contribution < 1.29 is 4.39 Å². The number of nitrogens with one attached hydrogen (secondary N) is 1. The van der Waals surface area contributed by atoms with Crippen LogP contribution in [0.25, 0.3) is 17.0 Å². The number of H-pyrrole nitrogens is 1. The van der Waals surface area contributed by atoms with Crippen molar-refractivity contribution in [1.29, 1.82) is 0 Å². The number of pyridine rings is 1. The second kappa shape index (κ2) is 5.80. The van der Waals surface area contributed by atoms with Crippen LogP contribution in [0, 0.1) is 5.82 Å². The van der Waals surface area contributed by atoms with Crippen molar-refractivity contribution in [3.05, 3.63) is 71.4 Å². The molecule has 1 aliphatic heterocycles. The Labute approximate surface area is 133 Å². The van der Waals surface area contributed by atoms with Gasteiger partial charge in [-0.2, -0.15) is 0 Å². The normalized spacial score (nSPS) is 16.7. The van der Waals surface area contributed by atoms with E-state index in [2.05, 4.69) is 16.0 Å². The molecule has 0 bridgehead atoms. The Morgan fingerprint density at radius 3 is 3.04 bits per heavy atom. The molecule has 1 aromatic carbocycles. The fourth-order valence-electron chi connectivity index (χ4n) is 3.03. The number of benzene rings is 1. The number of aliphatic imine (C=N–C) groups is 1. The van der Waals surface area contributed by atoms with E-state index in [1.165, 1.54) is 17.7 Å². The third-order valence-electron chi connectivity index (χ3n) is 4.12. The highest BCUT2D eigenvalue weighted by Crippen LogP contribution is 2.26. The van der Waals surface area contributed by atoms with Crippen LogP contribution in [-0.4, -0.2) is 22.2 Å². The van der Waals surface area contributed by atoms with Gasteiger partial charge in [-0.3, -0.25) is 9.98 Å². The topological polar surface area (TPSA) is 41.0 Å². The predicted octanol–water partition coefficient (Wildman–Crippen LogP) is 4.37. The number of fused-ring (bicyclic) bond motifs is 1. The molecule has 0 unspecified atom stereocenters. The number of hydrogen-bond acceptors (Lipinski definition) is 2. The molecule has 2 aromatic heterocycles. The van der Waals surface area contributed by atoms with Crippen molar-refractivity contribution in [3.63, 3.8) is 0 Å². The van der Waals surface area contributed by atoms with E-state index in [4.69, 9.17) is 4.99 Å². The molecule has 0 saturated carbocycles. The largest absolute Gasteiger partial charge is 0.360 e. The molecular formula is C19H16FN3. The van der Waals surface area contributed by atoms with E-state index < -0.39 is 0 Å². The summed E-state index contributed by atoms with van der Waals surface area (Å²) in [6.07, 6.45) is 9.73. The number of nitrogens with zero attached hydrogens (tertiary/aromatic N) is 2. The molecule has 0 fully saturated rings. The first kappa shape index (κ1) is 13.9. The van der Waals surface area contributed by atoms with E-state index in [1.54, 1.807) is 6.20 Å². The molecule has 3 heterocycles. The molecule has 3 aromatic rings. The molecule has 0 saturated heterocycles. The van der Waals surface area contributed by atoms with E-state index >= 15 is 0 Å². The van der Waals surface area contributed by atoms with Crippen LogP contribution in [0.3, 0.4) is 0 Å². The second-order valence-electron chi connectivity index (χ2n) is 5.68. The van der Waals surface area contributed by atoms with Crippen molar-refractivity contribution in [2.45, 2.75) is 12.8 Å². The van der Waals surface area contributed by atoms with Crippen molar-refractivity contribution in [2.75, 3.05) is 6.54 Å². The summed E-state index contributed by atoms with van der Waals surface area (Å²) in [5, 5.41) is 1.02. The number of halogens is 1. The molecule has 4 rings (SSSR count). The molecule has 114 valence electrons. The van der Waals surface area contributed by atoms with Crippen LogP contribution in [0.5, 0.6) is 0 Å². The fraction of sp³-hybridized carbons (Fsp3) is 0.158. The number of aromatic nitrogens is 2. The second-order valence-corrected chi connectivity index (χ2v) is 5.68. The molecule has 0 aliphatic carbocycles. The molecule has 1 N–H and O–H groups in total. The summed E-state index contributed by atoms with van der Waals surface area (Å²) in [6, 6.07) is 8.80. The highest BCUT2D eigenvalue weighted by atomic mass is 19.1. The number of rotatable bonds is 2. The number of aromatic amines is 1. The Morgan fingerprint density at radius 2 is 2.17 bits per heavy atom. The van der Waals surface area contributed by atoms with Crippen LogP contribution in [0.4, 0.5) is 4.39 Å². The highest BCUT2D eigenvalue weighted by Gasteiger charge is 2.15. The van der Waals surface area contributed by atoms with Crippen LogP contribution in [0.2, 0.25) is 0 Å². The SMILES string of the molecule is Fc1ccc2c(/C=C3\CCCN=C3c3cccnc3)c[nH]c2c1. The summed E-state index contributed by atoms with van der Waals surface area (Å²) in [5.41, 5.74) is 5.14. The van der Waals surface area contributed by atoms with Gasteiger partial charge in [0.1, 0.15) is 5.82 Å². The minimum absolute atomic E-state index is 0.228. The van der Waals surface area contributed by atoms with Gasteiger partial charge in [0.2, 0.25) is 0 Å². The van der Waals surface area contributed by atoms with Gasteiger partial charge in [0.25, 0.3) is 0 Å². The highest BCUT2D eigenvalue weighted by molar-refractivity contribution is 6.15. The van der Waals surface area contributed by atoms with E-state index in [9.17, 15) is 4.39 Å². The average molecular weight is 305 g/mol. The molecule has 0 atom stereocenters. The molecule has 0 spiro atoms. The van der Waals surface area contributed by atoms with Crippen LogP contribution < -0.4 is 0 Å². The predicted molar refractivity (Wildman–Crippen MR) is 91.1 cm³/mol. The van der Waals surface area contributed by atoms with Crippen LogP contribution in [-0.2, 0) is 0 Å². The summed E-state index contributed by atoms with van der Waals surface area (Å²) >= 11 is 0. The maximum atomic E-state index is 13.3. The zero-order valence-electron chi connectivity index (χ0n) is 12.6. The van der Waals surface area contributed by atoms with E-state index in [0.29, 0.717) is 0 Å². The lowest BCUT2D eigenvalue weighted by atomic mass is 9.95. The van der Waals surface area contributed by atoms with E-state index in [1.807, 2.05) is 30.6 Å². The summed E-state index contributed by atoms with van der Waals surface area (Å²) in [5.74, 6) is -0.228. The zero-order valence-corrected chi connectivity index (χ0v) is 12.6. The van der Waals surface area contributed by atoms with Crippen LogP contribution >= 0.6 is 0 Å². The first-order valence-corrected chi connectivity index (χ1v) is 7.74. The number of hydrogen-bond donors (Lipinski definition) is 1.